The first-order valence-corrected chi connectivity index (χ1v) is 8.82. The number of benzene rings is 2. The van der Waals surface area contributed by atoms with Gasteiger partial charge in [-0.25, -0.2) is 12.8 Å². The van der Waals surface area contributed by atoms with E-state index in [2.05, 4.69) is 14.9 Å². The average molecular weight is 347 g/mol. The normalized spacial score (nSPS) is 11.4. The van der Waals surface area contributed by atoms with Crippen LogP contribution in [-0.2, 0) is 10.0 Å². The molecular weight excluding hydrogens is 333 g/mol. The van der Waals surface area contributed by atoms with E-state index in [1.54, 1.807) is 43.3 Å². The van der Waals surface area contributed by atoms with Crippen molar-refractivity contribution < 1.29 is 17.3 Å². The standard InChI is InChI=1S/C16H14FN3O3S/c1-2-24(21,22)20-14-9-5-11(6-10-14)15-18-16(23-19-15)12-3-7-13(17)8-4-12/h3-10,20H,2H2,1H3. The number of sulfonamides is 1. The zero-order chi connectivity index (χ0) is 17.2. The summed E-state index contributed by atoms with van der Waals surface area (Å²) in [5.41, 5.74) is 1.75. The van der Waals surface area contributed by atoms with Crippen molar-refractivity contribution in [2.24, 2.45) is 0 Å². The average Bonchev–Trinajstić information content (AvgIpc) is 3.06. The van der Waals surface area contributed by atoms with Gasteiger partial charge in [-0.15, -0.1) is 0 Å². The van der Waals surface area contributed by atoms with Crippen molar-refractivity contribution in [3.05, 3.63) is 54.3 Å². The molecule has 0 atom stereocenters. The Hall–Kier alpha value is -2.74. The van der Waals surface area contributed by atoms with Gasteiger partial charge in [0.15, 0.2) is 0 Å². The molecule has 3 aromatic rings. The molecule has 1 aromatic heterocycles. The Morgan fingerprint density at radius 2 is 1.67 bits per heavy atom. The van der Waals surface area contributed by atoms with Crippen LogP contribution in [0.2, 0.25) is 0 Å². The molecule has 0 aliphatic heterocycles. The van der Waals surface area contributed by atoms with Crippen LogP contribution >= 0.6 is 0 Å². The lowest BCUT2D eigenvalue weighted by molar-refractivity contribution is 0.432. The molecule has 0 fully saturated rings. The van der Waals surface area contributed by atoms with Crippen LogP contribution in [0.15, 0.2) is 53.1 Å². The number of hydrogen-bond donors (Lipinski definition) is 1. The van der Waals surface area contributed by atoms with E-state index in [9.17, 15) is 12.8 Å². The Morgan fingerprint density at radius 1 is 1.04 bits per heavy atom. The topological polar surface area (TPSA) is 85.1 Å². The summed E-state index contributed by atoms with van der Waals surface area (Å²) in [5, 5.41) is 3.89. The van der Waals surface area contributed by atoms with Crippen LogP contribution in [0.4, 0.5) is 10.1 Å². The van der Waals surface area contributed by atoms with Crippen LogP contribution in [-0.4, -0.2) is 24.3 Å². The van der Waals surface area contributed by atoms with Gasteiger partial charge in [0.05, 0.1) is 5.75 Å². The Bertz CT molecular complexity index is 935. The number of rotatable bonds is 5. The summed E-state index contributed by atoms with van der Waals surface area (Å²) in [6, 6.07) is 12.3. The van der Waals surface area contributed by atoms with Crippen molar-refractivity contribution >= 4 is 15.7 Å². The zero-order valence-electron chi connectivity index (χ0n) is 12.7. The molecule has 0 unspecified atom stereocenters. The first-order chi connectivity index (χ1) is 11.5. The lowest BCUT2D eigenvalue weighted by Gasteiger charge is -2.05. The smallest absolute Gasteiger partial charge is 0.258 e. The lowest BCUT2D eigenvalue weighted by atomic mass is 10.2. The van der Waals surface area contributed by atoms with E-state index in [-0.39, 0.29) is 17.5 Å². The van der Waals surface area contributed by atoms with Crippen molar-refractivity contribution in [1.82, 2.24) is 10.1 Å². The summed E-state index contributed by atoms with van der Waals surface area (Å²) in [4.78, 5) is 4.26. The number of nitrogens with zero attached hydrogens (tertiary/aromatic N) is 2. The highest BCUT2D eigenvalue weighted by atomic mass is 32.2. The molecule has 0 radical (unpaired) electrons. The van der Waals surface area contributed by atoms with Gasteiger partial charge < -0.3 is 4.52 Å². The fourth-order valence-corrected chi connectivity index (χ4v) is 2.63. The number of nitrogens with one attached hydrogen (secondary N) is 1. The van der Waals surface area contributed by atoms with Crippen molar-refractivity contribution in [1.29, 1.82) is 0 Å². The van der Waals surface area contributed by atoms with E-state index in [1.807, 2.05) is 0 Å². The molecule has 0 amide bonds. The maximum absolute atomic E-state index is 12.9. The van der Waals surface area contributed by atoms with Crippen molar-refractivity contribution in [3.63, 3.8) is 0 Å². The molecular formula is C16H14FN3O3S. The third kappa shape index (κ3) is 3.60. The molecule has 0 aliphatic rings. The fourth-order valence-electron chi connectivity index (χ4n) is 1.99. The monoisotopic (exact) mass is 347 g/mol. The third-order valence-corrected chi connectivity index (χ3v) is 4.62. The molecule has 6 nitrogen and oxygen atoms in total. The second kappa shape index (κ2) is 6.40. The molecule has 124 valence electrons. The van der Waals surface area contributed by atoms with Gasteiger partial charge in [0.2, 0.25) is 15.8 Å². The molecule has 0 bridgehead atoms. The molecule has 24 heavy (non-hydrogen) atoms. The van der Waals surface area contributed by atoms with Gasteiger partial charge >= 0.3 is 0 Å². The number of aromatic nitrogens is 2. The Morgan fingerprint density at radius 3 is 2.29 bits per heavy atom. The van der Waals surface area contributed by atoms with Crippen LogP contribution in [0.3, 0.4) is 0 Å². The zero-order valence-corrected chi connectivity index (χ0v) is 13.5. The molecule has 3 rings (SSSR count). The highest BCUT2D eigenvalue weighted by molar-refractivity contribution is 7.92. The van der Waals surface area contributed by atoms with Gasteiger partial charge in [0, 0.05) is 16.8 Å². The highest BCUT2D eigenvalue weighted by Crippen LogP contribution is 2.23. The van der Waals surface area contributed by atoms with E-state index in [0.717, 1.165) is 0 Å². The molecule has 1 N–H and O–H groups in total. The highest BCUT2D eigenvalue weighted by Gasteiger charge is 2.11. The van der Waals surface area contributed by atoms with Crippen LogP contribution in [0.1, 0.15) is 6.92 Å². The predicted molar refractivity (Wildman–Crippen MR) is 88.2 cm³/mol. The SMILES string of the molecule is CCS(=O)(=O)Nc1ccc(-c2noc(-c3ccc(F)cc3)n2)cc1. The van der Waals surface area contributed by atoms with Crippen LogP contribution < -0.4 is 4.72 Å². The summed E-state index contributed by atoms with van der Waals surface area (Å²) in [6.45, 7) is 1.56. The summed E-state index contributed by atoms with van der Waals surface area (Å²) in [6.07, 6.45) is 0. The number of hydrogen-bond acceptors (Lipinski definition) is 5. The maximum Gasteiger partial charge on any atom is 0.258 e. The Kier molecular flexibility index (Phi) is 4.30. The number of anilines is 1. The molecule has 8 heteroatoms. The second-order valence-electron chi connectivity index (χ2n) is 5.01. The summed E-state index contributed by atoms with van der Waals surface area (Å²) < 4.78 is 43.6. The van der Waals surface area contributed by atoms with Gasteiger partial charge in [0.25, 0.3) is 5.89 Å². The Balaban J connectivity index is 1.81. The van der Waals surface area contributed by atoms with Crippen molar-refractivity contribution in [2.45, 2.75) is 6.92 Å². The minimum absolute atomic E-state index is 0.000618. The van der Waals surface area contributed by atoms with Crippen molar-refractivity contribution in [2.75, 3.05) is 10.5 Å². The molecule has 0 saturated heterocycles. The van der Waals surface area contributed by atoms with Gasteiger partial charge in [-0.1, -0.05) is 5.16 Å². The minimum atomic E-state index is -3.32. The van der Waals surface area contributed by atoms with Crippen molar-refractivity contribution in [3.8, 4) is 22.8 Å². The summed E-state index contributed by atoms with van der Waals surface area (Å²) in [7, 11) is -3.32. The first-order valence-electron chi connectivity index (χ1n) is 7.17. The second-order valence-corrected chi connectivity index (χ2v) is 7.02. The minimum Gasteiger partial charge on any atom is -0.334 e. The van der Waals surface area contributed by atoms with E-state index < -0.39 is 10.0 Å². The Labute approximate surface area is 138 Å². The van der Waals surface area contributed by atoms with E-state index >= 15 is 0 Å². The van der Waals surface area contributed by atoms with Gasteiger partial charge in [-0.2, -0.15) is 4.98 Å². The van der Waals surface area contributed by atoms with E-state index in [4.69, 9.17) is 4.52 Å². The molecule has 1 heterocycles. The summed E-state index contributed by atoms with van der Waals surface area (Å²) >= 11 is 0. The lowest BCUT2D eigenvalue weighted by Crippen LogP contribution is -2.14. The van der Waals surface area contributed by atoms with E-state index in [0.29, 0.717) is 22.6 Å². The molecule has 0 aliphatic carbocycles. The molecule has 0 saturated carbocycles. The van der Waals surface area contributed by atoms with Gasteiger partial charge in [-0.3, -0.25) is 4.72 Å². The quantitative estimate of drug-likeness (QED) is 0.765. The predicted octanol–water partition coefficient (Wildman–Crippen LogP) is 3.30. The largest absolute Gasteiger partial charge is 0.334 e. The number of halogens is 1. The maximum atomic E-state index is 12.9. The van der Waals surface area contributed by atoms with E-state index in [1.165, 1.54) is 12.1 Å². The third-order valence-electron chi connectivity index (χ3n) is 3.31. The first kappa shape index (κ1) is 16.1. The summed E-state index contributed by atoms with van der Waals surface area (Å²) in [5.74, 6) is 0.296. The van der Waals surface area contributed by atoms with Crippen LogP contribution in [0.25, 0.3) is 22.8 Å². The van der Waals surface area contributed by atoms with Gasteiger partial charge in [-0.05, 0) is 55.5 Å². The van der Waals surface area contributed by atoms with Crippen LogP contribution in [0.5, 0.6) is 0 Å². The molecule has 0 spiro atoms. The van der Waals surface area contributed by atoms with Gasteiger partial charge in [0.1, 0.15) is 5.82 Å². The molecule has 2 aromatic carbocycles. The van der Waals surface area contributed by atoms with Crippen LogP contribution in [0, 0.1) is 5.82 Å². The fraction of sp³-hybridized carbons (Fsp3) is 0.125.